The summed E-state index contributed by atoms with van der Waals surface area (Å²) in [5.41, 5.74) is 4.65. The molecule has 0 spiro atoms. The number of carbonyl (C=O) groups excluding carboxylic acids is 2. The molecule has 0 radical (unpaired) electrons. The smallest absolute Gasteiger partial charge is 0.339 e. The number of nitrogens with zero attached hydrogens (tertiary/aromatic N) is 1. The van der Waals surface area contributed by atoms with Crippen molar-refractivity contribution in [3.63, 3.8) is 0 Å². The van der Waals surface area contributed by atoms with Crippen molar-refractivity contribution in [3.05, 3.63) is 82.0 Å². The number of aromatic nitrogens is 1. The molecule has 47 heavy (non-hydrogen) atoms. The van der Waals surface area contributed by atoms with E-state index in [9.17, 15) is 9.59 Å². The number of allylic oxidation sites excluding steroid dienone is 1. The van der Waals surface area contributed by atoms with Crippen LogP contribution in [0.25, 0.3) is 22.6 Å². The van der Waals surface area contributed by atoms with Gasteiger partial charge < -0.3 is 29.0 Å². The molecule has 1 unspecified atom stereocenters. The van der Waals surface area contributed by atoms with Crippen LogP contribution < -0.4 is 24.3 Å². The number of ether oxygens (including phenoxy) is 5. The summed E-state index contributed by atoms with van der Waals surface area (Å²) in [4.78, 5) is 32.0. The van der Waals surface area contributed by atoms with Gasteiger partial charge in [-0.1, -0.05) is 50.6 Å². The Balaban J connectivity index is 1.58. The van der Waals surface area contributed by atoms with Gasteiger partial charge >= 0.3 is 5.97 Å². The summed E-state index contributed by atoms with van der Waals surface area (Å²) in [5, 5.41) is 3.81. The maximum atomic E-state index is 14.0. The number of pyridine rings is 1. The number of para-hydroxylation sites is 1. The van der Waals surface area contributed by atoms with E-state index < -0.39 is 18.5 Å². The van der Waals surface area contributed by atoms with Crippen molar-refractivity contribution < 1.29 is 33.3 Å². The number of rotatable bonds is 9. The molecule has 1 heterocycles. The van der Waals surface area contributed by atoms with E-state index in [1.807, 2.05) is 36.4 Å². The van der Waals surface area contributed by atoms with Gasteiger partial charge in [0.1, 0.15) is 5.75 Å². The van der Waals surface area contributed by atoms with Crippen LogP contribution in [0.1, 0.15) is 54.4 Å². The first-order valence-corrected chi connectivity index (χ1v) is 15.6. The molecule has 1 atom stereocenters. The third-order valence-electron chi connectivity index (χ3n) is 8.44. The van der Waals surface area contributed by atoms with Crippen LogP contribution >= 0.6 is 11.6 Å². The second kappa shape index (κ2) is 13.9. The van der Waals surface area contributed by atoms with Crippen LogP contribution in [0, 0.1) is 11.3 Å². The molecule has 0 fully saturated rings. The maximum Gasteiger partial charge on any atom is 0.339 e. The van der Waals surface area contributed by atoms with Gasteiger partial charge in [-0.3, -0.25) is 4.79 Å². The lowest BCUT2D eigenvalue weighted by molar-refractivity contribution is -0.119. The highest BCUT2D eigenvalue weighted by molar-refractivity contribution is 6.31. The predicted octanol–water partition coefficient (Wildman–Crippen LogP) is 7.87. The van der Waals surface area contributed by atoms with Crippen molar-refractivity contribution in [2.45, 2.75) is 33.6 Å². The van der Waals surface area contributed by atoms with Gasteiger partial charge in [-0.25, -0.2) is 9.78 Å². The van der Waals surface area contributed by atoms with Crippen LogP contribution in [0.5, 0.6) is 23.0 Å². The summed E-state index contributed by atoms with van der Waals surface area (Å²) >= 11 is 6.12. The Hall–Kier alpha value is -4.76. The third-order valence-corrected chi connectivity index (χ3v) is 8.68. The molecule has 0 saturated heterocycles. The quantitative estimate of drug-likeness (QED) is 0.181. The molecule has 1 aliphatic carbocycles. The minimum absolute atomic E-state index is 0.0885. The zero-order chi connectivity index (χ0) is 33.9. The summed E-state index contributed by atoms with van der Waals surface area (Å²) in [6, 6.07) is 16.1. The van der Waals surface area contributed by atoms with Crippen molar-refractivity contribution in [2.75, 3.05) is 40.4 Å². The number of hydrogen-bond acceptors (Lipinski definition) is 8. The Morgan fingerprint density at radius 1 is 0.915 bits per heavy atom. The monoisotopic (exact) mass is 658 g/mol. The predicted molar refractivity (Wildman–Crippen MR) is 184 cm³/mol. The second-order valence-corrected chi connectivity index (χ2v) is 12.8. The van der Waals surface area contributed by atoms with E-state index in [0.717, 1.165) is 28.8 Å². The second-order valence-electron chi connectivity index (χ2n) is 12.4. The van der Waals surface area contributed by atoms with E-state index >= 15 is 0 Å². The van der Waals surface area contributed by atoms with Gasteiger partial charge in [0.25, 0.3) is 5.91 Å². The zero-order valence-corrected chi connectivity index (χ0v) is 28.4. The van der Waals surface area contributed by atoms with Crippen LogP contribution in [-0.4, -0.2) is 51.9 Å². The molecule has 1 aromatic heterocycles. The van der Waals surface area contributed by atoms with Gasteiger partial charge in [0.05, 0.1) is 50.9 Å². The van der Waals surface area contributed by atoms with Crippen LogP contribution in [0.15, 0.2) is 54.6 Å². The fourth-order valence-electron chi connectivity index (χ4n) is 5.92. The molecule has 5 rings (SSSR count). The number of carbonyl (C=O) groups is 2. The van der Waals surface area contributed by atoms with E-state index in [-0.39, 0.29) is 11.3 Å². The first kappa shape index (κ1) is 33.6. The molecule has 0 aliphatic heterocycles. The van der Waals surface area contributed by atoms with Crippen LogP contribution in [0.2, 0.25) is 5.02 Å². The van der Waals surface area contributed by atoms with Gasteiger partial charge in [0.2, 0.25) is 5.75 Å². The van der Waals surface area contributed by atoms with Gasteiger partial charge in [-0.15, -0.1) is 0 Å². The molecule has 4 aromatic rings. The Morgan fingerprint density at radius 3 is 2.23 bits per heavy atom. The lowest BCUT2D eigenvalue weighted by atomic mass is 9.69. The van der Waals surface area contributed by atoms with E-state index in [1.54, 1.807) is 39.5 Å². The standard InChI is InChI=1S/C37H39ClN2O7/c1-37(2,3)23-17-22(14-21-15-30(44-5)35(46-7)31(16-21)45-6)34-26(18-23)33(25-10-8-9-11-27(25)40-34)36(42)47-20-32(41)39-28-19-24(38)12-13-29(28)43-4/h8-16,19,23H,17-18,20H2,1-7H3,(H,39,41)/b22-14+. The third kappa shape index (κ3) is 7.15. The molecule has 9 nitrogen and oxygen atoms in total. The van der Waals surface area contributed by atoms with E-state index in [2.05, 4.69) is 32.2 Å². The van der Waals surface area contributed by atoms with E-state index in [0.29, 0.717) is 56.6 Å². The highest BCUT2D eigenvalue weighted by atomic mass is 35.5. The largest absolute Gasteiger partial charge is 0.495 e. The Morgan fingerprint density at radius 2 is 1.60 bits per heavy atom. The molecule has 1 amide bonds. The first-order chi connectivity index (χ1) is 22.5. The number of halogens is 1. The highest BCUT2D eigenvalue weighted by Gasteiger charge is 2.35. The van der Waals surface area contributed by atoms with Gasteiger partial charge in [0.15, 0.2) is 18.1 Å². The van der Waals surface area contributed by atoms with Crippen molar-refractivity contribution in [2.24, 2.45) is 11.3 Å². The van der Waals surface area contributed by atoms with Gasteiger partial charge in [-0.05, 0) is 83.3 Å². The normalized spacial score (nSPS) is 15.1. The number of esters is 1. The fraction of sp³-hybridized carbons (Fsp3) is 0.324. The number of hydrogen-bond donors (Lipinski definition) is 1. The molecule has 10 heteroatoms. The molecule has 0 saturated carbocycles. The van der Waals surface area contributed by atoms with Crippen molar-refractivity contribution in [1.82, 2.24) is 4.98 Å². The van der Waals surface area contributed by atoms with Crippen molar-refractivity contribution >= 4 is 51.7 Å². The Labute approximate surface area is 279 Å². The average Bonchev–Trinajstić information content (AvgIpc) is 3.05. The van der Waals surface area contributed by atoms with Gasteiger partial charge in [0, 0.05) is 10.4 Å². The van der Waals surface area contributed by atoms with E-state index in [1.165, 1.54) is 7.11 Å². The number of anilines is 1. The van der Waals surface area contributed by atoms with Crippen LogP contribution in [0.3, 0.4) is 0 Å². The molecule has 1 aliphatic rings. The SMILES string of the molecule is COc1ccc(Cl)cc1NC(=O)COC(=O)c1c2c(nc3ccccc13)/C(=C/c1cc(OC)c(OC)c(OC)c1)CC(C(C)(C)C)C2. The summed E-state index contributed by atoms with van der Waals surface area (Å²) in [7, 11) is 6.22. The first-order valence-electron chi connectivity index (χ1n) is 15.2. The number of amides is 1. The Bertz CT molecular complexity index is 1840. The summed E-state index contributed by atoms with van der Waals surface area (Å²) < 4.78 is 27.7. The molecule has 1 N–H and O–H groups in total. The lowest BCUT2D eigenvalue weighted by Gasteiger charge is -2.36. The van der Waals surface area contributed by atoms with Crippen molar-refractivity contribution in [3.8, 4) is 23.0 Å². The molecule has 246 valence electrons. The summed E-state index contributed by atoms with van der Waals surface area (Å²) in [5.74, 6) is 1.05. The molecule has 3 aromatic carbocycles. The summed E-state index contributed by atoms with van der Waals surface area (Å²) in [6.07, 6.45) is 3.40. The number of benzene rings is 3. The lowest BCUT2D eigenvalue weighted by Crippen LogP contribution is -2.29. The average molecular weight is 659 g/mol. The number of fused-ring (bicyclic) bond motifs is 2. The highest BCUT2D eigenvalue weighted by Crippen LogP contribution is 2.46. The minimum atomic E-state index is -0.602. The van der Waals surface area contributed by atoms with Crippen molar-refractivity contribution in [1.29, 1.82) is 0 Å². The van der Waals surface area contributed by atoms with Crippen LogP contribution in [-0.2, 0) is 16.0 Å². The maximum absolute atomic E-state index is 14.0. The van der Waals surface area contributed by atoms with Crippen LogP contribution in [0.4, 0.5) is 5.69 Å². The number of nitrogens with one attached hydrogen (secondary N) is 1. The van der Waals surface area contributed by atoms with Gasteiger partial charge in [-0.2, -0.15) is 0 Å². The minimum Gasteiger partial charge on any atom is -0.495 e. The number of methoxy groups -OCH3 is 4. The molecule has 0 bridgehead atoms. The Kier molecular flexibility index (Phi) is 9.96. The fourth-order valence-corrected chi connectivity index (χ4v) is 6.09. The topological polar surface area (TPSA) is 105 Å². The zero-order valence-electron chi connectivity index (χ0n) is 27.7. The summed E-state index contributed by atoms with van der Waals surface area (Å²) in [6.45, 7) is 6.08. The molecular formula is C37H39ClN2O7. The van der Waals surface area contributed by atoms with E-state index in [4.69, 9.17) is 40.3 Å². The molecular weight excluding hydrogens is 620 g/mol.